The zero-order valence-corrected chi connectivity index (χ0v) is 13.0. The molecule has 2 rings (SSSR count). The number of carbonyl (C=O) groups is 3. The van der Waals surface area contributed by atoms with Crippen LogP contribution in [0.25, 0.3) is 0 Å². The molecular formula is C13H12BrNO4S. The summed E-state index contributed by atoms with van der Waals surface area (Å²) in [7, 11) is 0. The Balaban J connectivity index is 2.22. The van der Waals surface area contributed by atoms with Gasteiger partial charge in [-0.15, -0.1) is 0 Å². The average molecular weight is 358 g/mol. The fraction of sp³-hybridized carbons (Fsp3) is 0.308. The van der Waals surface area contributed by atoms with Gasteiger partial charge in [0.15, 0.2) is 5.12 Å². The second-order valence-electron chi connectivity index (χ2n) is 4.41. The number of hydrogen-bond acceptors (Lipinski definition) is 4. The number of carbonyl (C=O) groups excluding carboxylic acids is 2. The van der Waals surface area contributed by atoms with Gasteiger partial charge in [-0.1, -0.05) is 11.8 Å². The average Bonchev–Trinajstić information content (AvgIpc) is 2.68. The Morgan fingerprint density at radius 3 is 2.70 bits per heavy atom. The molecule has 1 amide bonds. The summed E-state index contributed by atoms with van der Waals surface area (Å²) in [6.45, 7) is 1.93. The van der Waals surface area contributed by atoms with Crippen LogP contribution in [0.2, 0.25) is 0 Å². The zero-order valence-electron chi connectivity index (χ0n) is 10.6. The first-order valence-electron chi connectivity index (χ1n) is 5.89. The Hall–Kier alpha value is -1.34. The van der Waals surface area contributed by atoms with E-state index < -0.39 is 5.97 Å². The number of amides is 1. The smallest absolute Gasteiger partial charge is 0.335 e. The molecule has 0 spiro atoms. The normalized spacial score (nSPS) is 18.4. The van der Waals surface area contributed by atoms with E-state index in [1.807, 2.05) is 0 Å². The fourth-order valence-electron chi connectivity index (χ4n) is 2.08. The lowest BCUT2D eigenvalue weighted by molar-refractivity contribution is -0.117. The standard InChI is InChI=1S/C13H12BrNO4S/c1-7(16)20-9-5-12(17)15(6-9)11-3-2-8(13(18)19)4-10(11)14/h2-4,9H,5-6H2,1H3,(H,18,19). The van der Waals surface area contributed by atoms with Crippen molar-refractivity contribution in [1.29, 1.82) is 0 Å². The molecule has 106 valence electrons. The van der Waals surface area contributed by atoms with Gasteiger partial charge < -0.3 is 10.0 Å². The van der Waals surface area contributed by atoms with Crippen molar-refractivity contribution >= 4 is 50.4 Å². The summed E-state index contributed by atoms with van der Waals surface area (Å²) in [6.07, 6.45) is 0.317. The first kappa shape index (κ1) is 15.1. The third kappa shape index (κ3) is 3.21. The summed E-state index contributed by atoms with van der Waals surface area (Å²) < 4.78 is 0.555. The minimum atomic E-state index is -1.02. The van der Waals surface area contributed by atoms with Crippen LogP contribution in [-0.2, 0) is 9.59 Å². The molecule has 0 radical (unpaired) electrons. The summed E-state index contributed by atoms with van der Waals surface area (Å²) in [6, 6.07) is 4.53. The number of benzene rings is 1. The number of halogens is 1. The molecule has 0 aromatic heterocycles. The maximum Gasteiger partial charge on any atom is 0.335 e. The van der Waals surface area contributed by atoms with E-state index in [9.17, 15) is 14.4 Å². The molecule has 1 N–H and O–H groups in total. The molecule has 1 aromatic carbocycles. The maximum atomic E-state index is 12.0. The van der Waals surface area contributed by atoms with Gasteiger partial charge in [-0.25, -0.2) is 4.79 Å². The van der Waals surface area contributed by atoms with E-state index in [0.717, 1.165) is 0 Å². The van der Waals surface area contributed by atoms with Crippen LogP contribution in [0.3, 0.4) is 0 Å². The monoisotopic (exact) mass is 357 g/mol. The van der Waals surface area contributed by atoms with Gasteiger partial charge >= 0.3 is 5.97 Å². The number of anilines is 1. The molecule has 1 heterocycles. The van der Waals surface area contributed by atoms with Gasteiger partial charge in [0.1, 0.15) is 0 Å². The number of nitrogens with zero attached hydrogens (tertiary/aromatic N) is 1. The van der Waals surface area contributed by atoms with Crippen molar-refractivity contribution in [2.45, 2.75) is 18.6 Å². The molecule has 1 atom stereocenters. The molecular weight excluding hydrogens is 346 g/mol. The number of rotatable bonds is 3. The quantitative estimate of drug-likeness (QED) is 0.899. The van der Waals surface area contributed by atoms with Crippen LogP contribution in [0.1, 0.15) is 23.7 Å². The number of aromatic carboxylic acids is 1. The summed E-state index contributed by atoms with van der Waals surface area (Å²) in [5.41, 5.74) is 0.786. The second-order valence-corrected chi connectivity index (χ2v) is 6.74. The molecule has 0 saturated carbocycles. The van der Waals surface area contributed by atoms with Crippen molar-refractivity contribution in [2.75, 3.05) is 11.4 Å². The molecule has 7 heteroatoms. The highest BCUT2D eigenvalue weighted by Gasteiger charge is 2.32. The van der Waals surface area contributed by atoms with Crippen molar-refractivity contribution in [3.8, 4) is 0 Å². The second kappa shape index (κ2) is 5.97. The lowest BCUT2D eigenvalue weighted by Crippen LogP contribution is -2.25. The zero-order chi connectivity index (χ0) is 14.9. The summed E-state index contributed by atoms with van der Waals surface area (Å²) in [5, 5.41) is 8.86. The van der Waals surface area contributed by atoms with E-state index in [1.165, 1.54) is 30.8 Å². The highest BCUT2D eigenvalue weighted by molar-refractivity contribution is 9.10. The van der Waals surface area contributed by atoms with Crippen molar-refractivity contribution in [3.05, 3.63) is 28.2 Å². The Morgan fingerprint density at radius 2 is 2.15 bits per heavy atom. The first-order valence-corrected chi connectivity index (χ1v) is 7.56. The largest absolute Gasteiger partial charge is 0.478 e. The van der Waals surface area contributed by atoms with Gasteiger partial charge in [0, 0.05) is 29.6 Å². The minimum absolute atomic E-state index is 0.00931. The molecule has 5 nitrogen and oxygen atoms in total. The molecule has 1 aliphatic heterocycles. The number of carboxylic acids is 1. The van der Waals surface area contributed by atoms with E-state index in [-0.39, 0.29) is 21.8 Å². The van der Waals surface area contributed by atoms with Gasteiger partial charge in [0.2, 0.25) is 5.91 Å². The van der Waals surface area contributed by atoms with Crippen molar-refractivity contribution in [2.24, 2.45) is 0 Å². The predicted octanol–water partition coefficient (Wildman–Crippen LogP) is 2.53. The summed E-state index contributed by atoms with van der Waals surface area (Å²) in [5.74, 6) is -1.08. The van der Waals surface area contributed by atoms with E-state index in [2.05, 4.69) is 15.9 Å². The first-order chi connectivity index (χ1) is 9.38. The molecule has 1 unspecified atom stereocenters. The van der Waals surface area contributed by atoms with Crippen LogP contribution in [0.4, 0.5) is 5.69 Å². The van der Waals surface area contributed by atoms with Gasteiger partial charge in [-0.2, -0.15) is 0 Å². The summed E-state index contributed by atoms with van der Waals surface area (Å²) in [4.78, 5) is 35.6. The van der Waals surface area contributed by atoms with Gasteiger partial charge in [0.05, 0.1) is 11.3 Å². The Labute approximate surface area is 128 Å². The molecule has 1 fully saturated rings. The Bertz CT molecular complexity index is 590. The van der Waals surface area contributed by atoms with Crippen LogP contribution in [-0.4, -0.2) is 33.9 Å². The predicted molar refractivity (Wildman–Crippen MR) is 80.1 cm³/mol. The van der Waals surface area contributed by atoms with Crippen molar-refractivity contribution in [1.82, 2.24) is 0 Å². The van der Waals surface area contributed by atoms with E-state index in [1.54, 1.807) is 11.0 Å². The van der Waals surface area contributed by atoms with E-state index in [4.69, 9.17) is 5.11 Å². The highest BCUT2D eigenvalue weighted by atomic mass is 79.9. The Kier molecular flexibility index (Phi) is 4.49. The maximum absolute atomic E-state index is 12.0. The van der Waals surface area contributed by atoms with Gasteiger partial charge in [-0.3, -0.25) is 9.59 Å². The number of thioether (sulfide) groups is 1. The Morgan fingerprint density at radius 1 is 1.45 bits per heavy atom. The minimum Gasteiger partial charge on any atom is -0.478 e. The molecule has 1 aromatic rings. The van der Waals surface area contributed by atoms with Crippen molar-refractivity contribution < 1.29 is 19.5 Å². The topological polar surface area (TPSA) is 74.7 Å². The summed E-state index contributed by atoms with van der Waals surface area (Å²) >= 11 is 4.46. The fourth-order valence-corrected chi connectivity index (χ4v) is 3.59. The van der Waals surface area contributed by atoms with Crippen LogP contribution >= 0.6 is 27.7 Å². The number of carboxylic acid groups (broad SMARTS) is 1. The molecule has 20 heavy (non-hydrogen) atoms. The van der Waals surface area contributed by atoms with Crippen LogP contribution < -0.4 is 4.90 Å². The van der Waals surface area contributed by atoms with E-state index in [0.29, 0.717) is 23.1 Å². The van der Waals surface area contributed by atoms with Gasteiger partial charge in [-0.05, 0) is 34.1 Å². The highest BCUT2D eigenvalue weighted by Crippen LogP contribution is 2.33. The van der Waals surface area contributed by atoms with Crippen LogP contribution in [0, 0.1) is 0 Å². The SMILES string of the molecule is CC(=O)SC1CC(=O)N(c2ccc(C(=O)O)cc2Br)C1. The molecule has 1 aliphatic rings. The molecule has 1 saturated heterocycles. The lowest BCUT2D eigenvalue weighted by atomic mass is 10.2. The van der Waals surface area contributed by atoms with Crippen LogP contribution in [0.5, 0.6) is 0 Å². The van der Waals surface area contributed by atoms with Crippen molar-refractivity contribution in [3.63, 3.8) is 0 Å². The van der Waals surface area contributed by atoms with Crippen LogP contribution in [0.15, 0.2) is 22.7 Å². The lowest BCUT2D eigenvalue weighted by Gasteiger charge is -2.18. The number of hydrogen-bond donors (Lipinski definition) is 1. The van der Waals surface area contributed by atoms with Gasteiger partial charge in [0.25, 0.3) is 0 Å². The third-order valence-electron chi connectivity index (χ3n) is 2.91. The third-order valence-corrected chi connectivity index (χ3v) is 4.52. The molecule has 0 bridgehead atoms. The molecule has 0 aliphatic carbocycles. The van der Waals surface area contributed by atoms with E-state index >= 15 is 0 Å².